The Morgan fingerprint density at radius 1 is 1.73 bits per heavy atom. The molecule has 0 spiro atoms. The molecule has 0 aliphatic heterocycles. The van der Waals surface area contributed by atoms with E-state index in [1.807, 2.05) is 0 Å². The van der Waals surface area contributed by atoms with Gasteiger partial charge in [0.2, 0.25) is 5.67 Å². The first-order chi connectivity index (χ1) is 4.54. The first-order valence-electron chi connectivity index (χ1n) is 3.22. The fourth-order valence-corrected chi connectivity index (χ4v) is 1.23. The first-order valence-corrected chi connectivity index (χ1v) is 3.22. The number of halogens is 2. The highest BCUT2D eigenvalue weighted by Crippen LogP contribution is 2.32. The Bertz CT molecular complexity index is 167. The van der Waals surface area contributed by atoms with Gasteiger partial charge in [-0.1, -0.05) is 0 Å². The van der Waals surface area contributed by atoms with Gasteiger partial charge in [0.05, 0.1) is 0 Å². The largest absolute Gasteiger partial charge is 0.479 e. The summed E-state index contributed by atoms with van der Waals surface area (Å²) in [7, 11) is 0. The SMILES string of the molecule is Cl.NC1CCC(F)(C(=O)O)C1. The molecule has 0 aromatic heterocycles. The van der Waals surface area contributed by atoms with Crippen LogP contribution in [-0.4, -0.2) is 22.8 Å². The summed E-state index contributed by atoms with van der Waals surface area (Å²) in [6, 6.07) is -0.277. The number of aliphatic carboxylic acids is 1. The van der Waals surface area contributed by atoms with Gasteiger partial charge in [0.1, 0.15) is 0 Å². The predicted octanol–water partition coefficient (Wildman–Crippen LogP) is 0.712. The summed E-state index contributed by atoms with van der Waals surface area (Å²) in [5.74, 6) is -1.37. The van der Waals surface area contributed by atoms with E-state index in [1.165, 1.54) is 0 Å². The van der Waals surface area contributed by atoms with Crippen molar-refractivity contribution >= 4 is 18.4 Å². The van der Waals surface area contributed by atoms with E-state index in [4.69, 9.17) is 10.8 Å². The Morgan fingerprint density at radius 3 is 2.45 bits per heavy atom. The Kier molecular flexibility index (Phi) is 3.26. The Morgan fingerprint density at radius 2 is 2.27 bits per heavy atom. The highest BCUT2D eigenvalue weighted by Gasteiger charge is 2.44. The molecule has 3 N–H and O–H groups in total. The van der Waals surface area contributed by atoms with Gasteiger partial charge in [0, 0.05) is 12.5 Å². The number of carbonyl (C=O) groups is 1. The smallest absolute Gasteiger partial charge is 0.341 e. The zero-order valence-corrected chi connectivity index (χ0v) is 6.73. The lowest BCUT2D eigenvalue weighted by Crippen LogP contribution is -2.32. The molecule has 11 heavy (non-hydrogen) atoms. The summed E-state index contributed by atoms with van der Waals surface area (Å²) >= 11 is 0. The van der Waals surface area contributed by atoms with Crippen molar-refractivity contribution in [2.24, 2.45) is 5.73 Å². The molecular formula is C6H11ClFNO2. The van der Waals surface area contributed by atoms with E-state index in [9.17, 15) is 9.18 Å². The van der Waals surface area contributed by atoms with Crippen molar-refractivity contribution in [2.45, 2.75) is 31.0 Å². The molecule has 1 fully saturated rings. The molecule has 5 heteroatoms. The molecule has 1 saturated carbocycles. The average Bonchev–Trinajstić information content (AvgIpc) is 2.13. The maximum absolute atomic E-state index is 13.0. The number of carboxylic acid groups (broad SMARTS) is 1. The molecule has 0 aromatic carbocycles. The summed E-state index contributed by atoms with van der Waals surface area (Å²) in [6.45, 7) is 0. The molecule has 66 valence electrons. The number of alkyl halides is 1. The normalized spacial score (nSPS) is 36.4. The van der Waals surface area contributed by atoms with Crippen LogP contribution in [0.4, 0.5) is 4.39 Å². The van der Waals surface area contributed by atoms with Crippen molar-refractivity contribution in [3.8, 4) is 0 Å². The summed E-state index contributed by atoms with van der Waals surface area (Å²) in [6.07, 6.45) is 0.495. The zero-order valence-electron chi connectivity index (χ0n) is 5.92. The third-order valence-corrected chi connectivity index (χ3v) is 1.88. The quantitative estimate of drug-likeness (QED) is 0.630. The summed E-state index contributed by atoms with van der Waals surface area (Å²) < 4.78 is 13.0. The minimum Gasteiger partial charge on any atom is -0.479 e. The minimum atomic E-state index is -2.04. The second kappa shape index (κ2) is 3.36. The van der Waals surface area contributed by atoms with Gasteiger partial charge in [-0.15, -0.1) is 12.4 Å². The third-order valence-electron chi connectivity index (χ3n) is 1.88. The van der Waals surface area contributed by atoms with E-state index < -0.39 is 11.6 Å². The Balaban J connectivity index is 0.000001000. The number of carboxylic acids is 1. The lowest BCUT2D eigenvalue weighted by atomic mass is 10.1. The van der Waals surface area contributed by atoms with Crippen molar-refractivity contribution < 1.29 is 14.3 Å². The number of nitrogens with two attached hydrogens (primary N) is 1. The van der Waals surface area contributed by atoms with Crippen LogP contribution in [0, 0.1) is 0 Å². The second-order valence-electron chi connectivity index (χ2n) is 2.77. The van der Waals surface area contributed by atoms with Gasteiger partial charge in [-0.05, 0) is 12.8 Å². The van der Waals surface area contributed by atoms with Crippen LogP contribution < -0.4 is 5.73 Å². The van der Waals surface area contributed by atoms with Gasteiger partial charge in [0.25, 0.3) is 0 Å². The van der Waals surface area contributed by atoms with E-state index in [2.05, 4.69) is 0 Å². The monoisotopic (exact) mass is 183 g/mol. The van der Waals surface area contributed by atoms with E-state index in [1.54, 1.807) is 0 Å². The average molecular weight is 184 g/mol. The van der Waals surface area contributed by atoms with Crippen molar-refractivity contribution in [3.05, 3.63) is 0 Å². The highest BCUT2D eigenvalue weighted by molar-refractivity contribution is 5.85. The summed E-state index contributed by atoms with van der Waals surface area (Å²) in [5, 5.41) is 8.36. The van der Waals surface area contributed by atoms with Crippen molar-refractivity contribution in [3.63, 3.8) is 0 Å². The van der Waals surface area contributed by atoms with Crippen LogP contribution in [0.1, 0.15) is 19.3 Å². The molecule has 2 atom stereocenters. The van der Waals surface area contributed by atoms with Crippen LogP contribution in [0.15, 0.2) is 0 Å². The maximum atomic E-state index is 13.0. The fourth-order valence-electron chi connectivity index (χ4n) is 1.23. The summed E-state index contributed by atoms with van der Waals surface area (Å²) in [5.41, 5.74) is 3.30. The van der Waals surface area contributed by atoms with Crippen LogP contribution >= 0.6 is 12.4 Å². The highest BCUT2D eigenvalue weighted by atomic mass is 35.5. The molecule has 2 unspecified atom stereocenters. The Labute approximate surface area is 70.2 Å². The van der Waals surface area contributed by atoms with Crippen molar-refractivity contribution in [2.75, 3.05) is 0 Å². The van der Waals surface area contributed by atoms with Gasteiger partial charge < -0.3 is 10.8 Å². The van der Waals surface area contributed by atoms with E-state index >= 15 is 0 Å². The third kappa shape index (κ3) is 2.04. The van der Waals surface area contributed by atoms with Crippen molar-refractivity contribution in [1.29, 1.82) is 0 Å². The molecule has 0 aromatic rings. The van der Waals surface area contributed by atoms with E-state index in [-0.39, 0.29) is 31.3 Å². The lowest BCUT2D eigenvalue weighted by Gasteiger charge is -2.11. The van der Waals surface area contributed by atoms with Gasteiger partial charge in [-0.3, -0.25) is 0 Å². The number of hydrogen-bond donors (Lipinski definition) is 2. The molecule has 0 radical (unpaired) electrons. The number of hydrogen-bond acceptors (Lipinski definition) is 2. The molecule has 3 nitrogen and oxygen atoms in total. The summed E-state index contributed by atoms with van der Waals surface area (Å²) in [4.78, 5) is 10.2. The topological polar surface area (TPSA) is 63.3 Å². The molecule has 0 bridgehead atoms. The zero-order chi connectivity index (χ0) is 7.78. The fraction of sp³-hybridized carbons (Fsp3) is 0.833. The Hall–Kier alpha value is -0.350. The molecule has 0 saturated heterocycles. The van der Waals surface area contributed by atoms with Crippen LogP contribution in [-0.2, 0) is 4.79 Å². The predicted molar refractivity (Wildman–Crippen MR) is 40.5 cm³/mol. The number of rotatable bonds is 1. The molecule has 1 aliphatic carbocycles. The van der Waals surface area contributed by atoms with Gasteiger partial charge >= 0.3 is 5.97 Å². The van der Waals surface area contributed by atoms with Gasteiger partial charge in [0.15, 0.2) is 0 Å². The van der Waals surface area contributed by atoms with E-state index in [0.717, 1.165) is 0 Å². The van der Waals surface area contributed by atoms with Crippen LogP contribution in [0.5, 0.6) is 0 Å². The van der Waals surface area contributed by atoms with E-state index in [0.29, 0.717) is 6.42 Å². The van der Waals surface area contributed by atoms with Gasteiger partial charge in [-0.25, -0.2) is 9.18 Å². The van der Waals surface area contributed by atoms with Crippen LogP contribution in [0.3, 0.4) is 0 Å². The minimum absolute atomic E-state index is 0. The molecule has 0 heterocycles. The van der Waals surface area contributed by atoms with Crippen LogP contribution in [0.2, 0.25) is 0 Å². The molecule has 1 rings (SSSR count). The van der Waals surface area contributed by atoms with Gasteiger partial charge in [-0.2, -0.15) is 0 Å². The maximum Gasteiger partial charge on any atom is 0.341 e. The lowest BCUT2D eigenvalue weighted by molar-refractivity contribution is -0.150. The van der Waals surface area contributed by atoms with Crippen LogP contribution in [0.25, 0.3) is 0 Å². The standard InChI is InChI=1S/C6H10FNO2.ClH/c7-6(5(9)10)2-1-4(8)3-6;/h4H,1-3,8H2,(H,9,10);1H. The first kappa shape index (κ1) is 10.7. The molecule has 0 amide bonds. The second-order valence-corrected chi connectivity index (χ2v) is 2.77. The molecular weight excluding hydrogens is 173 g/mol. The van der Waals surface area contributed by atoms with Crippen molar-refractivity contribution in [1.82, 2.24) is 0 Å². The molecule has 1 aliphatic rings.